The summed E-state index contributed by atoms with van der Waals surface area (Å²) in [6.07, 6.45) is 0.757. The molecule has 0 fully saturated rings. The average Bonchev–Trinajstić information content (AvgIpc) is 2.77. The third-order valence-corrected chi connectivity index (χ3v) is 4.91. The zero-order valence-corrected chi connectivity index (χ0v) is 17.3. The Labute approximate surface area is 180 Å². The number of anilines is 1. The molecule has 154 valence electrons. The van der Waals surface area contributed by atoms with Gasteiger partial charge in [0.1, 0.15) is 5.75 Å². The molecule has 0 bridgehead atoms. The van der Waals surface area contributed by atoms with Crippen molar-refractivity contribution in [3.63, 3.8) is 0 Å². The summed E-state index contributed by atoms with van der Waals surface area (Å²) in [7, 11) is 0. The highest BCUT2D eigenvalue weighted by Gasteiger charge is 2.20. The number of carboxylic acid groups (broad SMARTS) is 1. The van der Waals surface area contributed by atoms with Gasteiger partial charge in [-0.05, 0) is 60.0 Å². The molecular weight excluding hydrogens is 402 g/mol. The molecule has 0 atom stereocenters. The summed E-state index contributed by atoms with van der Waals surface area (Å²) in [6, 6.07) is 21.1. The molecule has 0 unspecified atom stereocenters. The number of ether oxygens (including phenoxy) is 1. The maximum absolute atomic E-state index is 13.1. The summed E-state index contributed by atoms with van der Waals surface area (Å²) >= 11 is 5.89. The lowest BCUT2D eigenvalue weighted by Crippen LogP contribution is -2.35. The van der Waals surface area contributed by atoms with E-state index in [1.807, 2.05) is 31.2 Å². The molecule has 0 radical (unpaired) electrons. The lowest BCUT2D eigenvalue weighted by Gasteiger charge is -2.25. The summed E-state index contributed by atoms with van der Waals surface area (Å²) < 4.78 is 5.65. The molecule has 3 aromatic rings. The molecule has 3 rings (SSSR count). The van der Waals surface area contributed by atoms with Crippen LogP contribution in [0, 0.1) is 0 Å². The van der Waals surface area contributed by atoms with E-state index in [0.717, 1.165) is 23.2 Å². The molecule has 0 heterocycles. The molecule has 1 amide bonds. The minimum atomic E-state index is -1.00. The Balaban J connectivity index is 1.87. The van der Waals surface area contributed by atoms with Crippen LogP contribution in [-0.2, 0) is 17.8 Å². The second-order valence-corrected chi connectivity index (χ2v) is 7.15. The Bertz CT molecular complexity index is 1030. The normalized spacial score (nSPS) is 10.5. The van der Waals surface area contributed by atoms with Gasteiger partial charge >= 0.3 is 5.97 Å². The molecule has 30 heavy (non-hydrogen) atoms. The van der Waals surface area contributed by atoms with E-state index in [0.29, 0.717) is 10.8 Å². The summed E-state index contributed by atoms with van der Waals surface area (Å²) in [5.41, 5.74) is 2.71. The van der Waals surface area contributed by atoms with Gasteiger partial charge in [-0.1, -0.05) is 48.9 Å². The number of halogens is 1. The van der Waals surface area contributed by atoms with E-state index in [4.69, 9.17) is 16.3 Å². The van der Waals surface area contributed by atoms with Crippen LogP contribution in [0.15, 0.2) is 72.8 Å². The fraction of sp³-hybridized carbons (Fsp3) is 0.167. The second-order valence-electron chi connectivity index (χ2n) is 6.71. The molecule has 0 aliphatic rings. The van der Waals surface area contributed by atoms with Crippen LogP contribution in [0.2, 0.25) is 5.02 Å². The van der Waals surface area contributed by atoms with Crippen LogP contribution in [0.25, 0.3) is 0 Å². The van der Waals surface area contributed by atoms with E-state index >= 15 is 0 Å². The van der Waals surface area contributed by atoms with Crippen LogP contribution in [0.5, 0.6) is 5.75 Å². The van der Waals surface area contributed by atoms with Crippen molar-refractivity contribution in [1.82, 2.24) is 0 Å². The number of para-hydroxylation sites is 1. The lowest BCUT2D eigenvalue weighted by atomic mass is 10.1. The van der Waals surface area contributed by atoms with Crippen molar-refractivity contribution in [2.45, 2.75) is 19.9 Å². The zero-order valence-electron chi connectivity index (χ0n) is 16.5. The first-order valence-corrected chi connectivity index (χ1v) is 9.94. The number of hydrogen-bond acceptors (Lipinski definition) is 3. The molecular formula is C24H22ClNO4. The van der Waals surface area contributed by atoms with Crippen LogP contribution in [0.4, 0.5) is 5.69 Å². The maximum atomic E-state index is 13.1. The minimum Gasteiger partial charge on any atom is -0.484 e. The highest BCUT2D eigenvalue weighted by atomic mass is 35.5. The lowest BCUT2D eigenvalue weighted by molar-refractivity contribution is -0.120. The third-order valence-electron chi connectivity index (χ3n) is 4.65. The monoisotopic (exact) mass is 423 g/mol. The summed E-state index contributed by atoms with van der Waals surface area (Å²) in [6.45, 7) is 2.11. The highest BCUT2D eigenvalue weighted by molar-refractivity contribution is 6.30. The molecule has 0 saturated carbocycles. The van der Waals surface area contributed by atoms with Crippen molar-refractivity contribution in [3.05, 3.63) is 94.5 Å². The summed E-state index contributed by atoms with van der Waals surface area (Å²) in [5, 5.41) is 9.86. The van der Waals surface area contributed by atoms with Gasteiger partial charge in [-0.3, -0.25) is 4.79 Å². The highest BCUT2D eigenvalue weighted by Crippen LogP contribution is 2.24. The number of nitrogens with zero attached hydrogens (tertiary/aromatic N) is 1. The number of benzene rings is 3. The van der Waals surface area contributed by atoms with Gasteiger partial charge in [0.15, 0.2) is 6.61 Å². The SMILES string of the molecule is CCc1ccccc1N(Cc1cccc(C(=O)O)c1)C(=O)COc1ccc(Cl)cc1. The van der Waals surface area contributed by atoms with Crippen molar-refractivity contribution in [2.24, 2.45) is 0 Å². The Morgan fingerprint density at radius 1 is 1.00 bits per heavy atom. The smallest absolute Gasteiger partial charge is 0.335 e. The number of carbonyl (C=O) groups excluding carboxylic acids is 1. The average molecular weight is 424 g/mol. The number of amides is 1. The van der Waals surface area contributed by atoms with Gasteiger partial charge in [0.25, 0.3) is 5.91 Å². The number of hydrogen-bond donors (Lipinski definition) is 1. The number of carboxylic acids is 1. The Morgan fingerprint density at radius 3 is 2.43 bits per heavy atom. The Hall–Kier alpha value is -3.31. The largest absolute Gasteiger partial charge is 0.484 e. The summed E-state index contributed by atoms with van der Waals surface area (Å²) in [5.74, 6) is -0.689. The Kier molecular flexibility index (Phi) is 7.09. The minimum absolute atomic E-state index is 0.154. The van der Waals surface area contributed by atoms with E-state index in [-0.39, 0.29) is 24.6 Å². The van der Waals surface area contributed by atoms with Crippen molar-refractivity contribution in [1.29, 1.82) is 0 Å². The van der Waals surface area contributed by atoms with Gasteiger partial charge < -0.3 is 14.7 Å². The second kappa shape index (κ2) is 9.94. The zero-order chi connectivity index (χ0) is 21.5. The molecule has 0 spiro atoms. The number of rotatable bonds is 8. The molecule has 0 aliphatic heterocycles. The first kappa shape index (κ1) is 21.4. The topological polar surface area (TPSA) is 66.8 Å². The molecule has 0 aromatic heterocycles. The van der Waals surface area contributed by atoms with Gasteiger partial charge in [-0.2, -0.15) is 0 Å². The van der Waals surface area contributed by atoms with Gasteiger partial charge in [0.2, 0.25) is 0 Å². The maximum Gasteiger partial charge on any atom is 0.335 e. The van der Waals surface area contributed by atoms with Crippen LogP contribution >= 0.6 is 11.6 Å². The number of aryl methyl sites for hydroxylation is 1. The Morgan fingerprint density at radius 2 is 1.73 bits per heavy atom. The van der Waals surface area contributed by atoms with Crippen LogP contribution in [0.3, 0.4) is 0 Å². The van der Waals surface area contributed by atoms with E-state index in [9.17, 15) is 14.7 Å². The summed E-state index contributed by atoms with van der Waals surface area (Å²) in [4.78, 5) is 26.1. The van der Waals surface area contributed by atoms with Crippen LogP contribution < -0.4 is 9.64 Å². The fourth-order valence-corrected chi connectivity index (χ4v) is 3.25. The van der Waals surface area contributed by atoms with E-state index in [1.165, 1.54) is 6.07 Å². The van der Waals surface area contributed by atoms with Crippen LogP contribution in [0.1, 0.15) is 28.4 Å². The molecule has 5 nitrogen and oxygen atoms in total. The molecule has 0 saturated heterocycles. The number of carbonyl (C=O) groups is 2. The van der Waals surface area contributed by atoms with Gasteiger partial charge in [0.05, 0.1) is 12.1 Å². The first-order valence-electron chi connectivity index (χ1n) is 9.56. The predicted molar refractivity (Wildman–Crippen MR) is 117 cm³/mol. The van der Waals surface area contributed by atoms with Crippen molar-refractivity contribution >= 4 is 29.2 Å². The molecule has 6 heteroatoms. The standard InChI is InChI=1S/C24H22ClNO4/c1-2-18-7-3-4-9-22(18)26(15-17-6-5-8-19(14-17)24(28)29)23(27)16-30-21-12-10-20(25)11-13-21/h3-14H,2,15-16H2,1H3,(H,28,29). The van der Waals surface area contributed by atoms with E-state index in [1.54, 1.807) is 47.4 Å². The van der Waals surface area contributed by atoms with Gasteiger partial charge in [0, 0.05) is 10.7 Å². The molecule has 3 aromatic carbocycles. The quantitative estimate of drug-likeness (QED) is 0.539. The van der Waals surface area contributed by atoms with Crippen molar-refractivity contribution in [2.75, 3.05) is 11.5 Å². The van der Waals surface area contributed by atoms with E-state index in [2.05, 4.69) is 0 Å². The molecule has 0 aliphatic carbocycles. The van der Waals surface area contributed by atoms with Crippen molar-refractivity contribution in [3.8, 4) is 5.75 Å². The predicted octanol–water partition coefficient (Wildman–Crippen LogP) is 5.21. The molecule has 1 N–H and O–H groups in total. The van der Waals surface area contributed by atoms with Gasteiger partial charge in [-0.25, -0.2) is 4.79 Å². The van der Waals surface area contributed by atoms with Gasteiger partial charge in [-0.15, -0.1) is 0 Å². The number of aromatic carboxylic acids is 1. The van der Waals surface area contributed by atoms with E-state index < -0.39 is 5.97 Å². The fourth-order valence-electron chi connectivity index (χ4n) is 3.12. The third kappa shape index (κ3) is 5.39. The van der Waals surface area contributed by atoms with Crippen LogP contribution in [-0.4, -0.2) is 23.6 Å². The first-order chi connectivity index (χ1) is 14.5. The van der Waals surface area contributed by atoms with Crippen molar-refractivity contribution < 1.29 is 19.4 Å².